The van der Waals surface area contributed by atoms with E-state index in [1.807, 2.05) is 19.1 Å². The second-order valence-corrected chi connectivity index (χ2v) is 6.67. The van der Waals surface area contributed by atoms with E-state index in [0.29, 0.717) is 30.0 Å². The first-order chi connectivity index (χ1) is 13.2. The summed E-state index contributed by atoms with van der Waals surface area (Å²) in [6, 6.07) is 13.2. The molecule has 5 heteroatoms. The summed E-state index contributed by atoms with van der Waals surface area (Å²) in [5.74, 6) is 0.783. The van der Waals surface area contributed by atoms with E-state index >= 15 is 0 Å². The van der Waals surface area contributed by atoms with Crippen LogP contribution in [0.25, 0.3) is 0 Å². The maximum atomic E-state index is 12.4. The van der Waals surface area contributed by atoms with Crippen LogP contribution in [0.15, 0.2) is 42.5 Å². The summed E-state index contributed by atoms with van der Waals surface area (Å²) in [4.78, 5) is 23.6. The smallest absolute Gasteiger partial charge is 0.258 e. The van der Waals surface area contributed by atoms with E-state index in [9.17, 15) is 9.59 Å². The Kier molecular flexibility index (Phi) is 6.47. The maximum absolute atomic E-state index is 12.4. The number of benzene rings is 2. The first kappa shape index (κ1) is 19.0. The van der Waals surface area contributed by atoms with Gasteiger partial charge in [0.1, 0.15) is 11.5 Å². The molecule has 1 amide bonds. The highest BCUT2D eigenvalue weighted by molar-refractivity contribution is 5.81. The zero-order valence-corrected chi connectivity index (χ0v) is 15.6. The molecular formula is C22H25NO4. The number of rotatable bonds is 8. The van der Waals surface area contributed by atoms with Crippen molar-refractivity contribution in [2.24, 2.45) is 0 Å². The van der Waals surface area contributed by atoms with Crippen molar-refractivity contribution in [3.05, 3.63) is 59.2 Å². The van der Waals surface area contributed by atoms with Gasteiger partial charge < -0.3 is 14.8 Å². The lowest BCUT2D eigenvalue weighted by Gasteiger charge is -2.26. The molecule has 3 rings (SSSR count). The Morgan fingerprint density at radius 3 is 2.89 bits per heavy atom. The summed E-state index contributed by atoms with van der Waals surface area (Å²) < 4.78 is 11.2. The predicted molar refractivity (Wildman–Crippen MR) is 103 cm³/mol. The minimum atomic E-state index is -0.201. The van der Waals surface area contributed by atoms with Crippen LogP contribution in [0.4, 0.5) is 0 Å². The van der Waals surface area contributed by atoms with Gasteiger partial charge in [0.15, 0.2) is 12.9 Å². The molecule has 142 valence electrons. The van der Waals surface area contributed by atoms with Crippen molar-refractivity contribution < 1.29 is 19.1 Å². The van der Waals surface area contributed by atoms with E-state index in [0.717, 1.165) is 25.7 Å². The molecule has 1 N–H and O–H groups in total. The van der Waals surface area contributed by atoms with Gasteiger partial charge >= 0.3 is 0 Å². The number of aryl methyl sites for hydroxylation is 1. The minimum absolute atomic E-state index is 0.0100. The van der Waals surface area contributed by atoms with E-state index in [2.05, 4.69) is 17.4 Å². The molecule has 0 bridgehead atoms. The lowest BCUT2D eigenvalue weighted by atomic mass is 9.88. The zero-order chi connectivity index (χ0) is 19.1. The van der Waals surface area contributed by atoms with Crippen LogP contribution in [0.3, 0.4) is 0 Å². The Bertz CT molecular complexity index is 803. The third kappa shape index (κ3) is 4.88. The Hall–Kier alpha value is -2.82. The van der Waals surface area contributed by atoms with E-state index in [-0.39, 0.29) is 18.6 Å². The Morgan fingerprint density at radius 2 is 2.07 bits per heavy atom. The summed E-state index contributed by atoms with van der Waals surface area (Å²) in [7, 11) is 0. The summed E-state index contributed by atoms with van der Waals surface area (Å²) in [6.45, 7) is 2.46. The van der Waals surface area contributed by atoms with Crippen LogP contribution in [0.2, 0.25) is 0 Å². The molecule has 0 spiro atoms. The van der Waals surface area contributed by atoms with E-state index in [1.165, 1.54) is 11.1 Å². The van der Waals surface area contributed by atoms with Gasteiger partial charge in [0.2, 0.25) is 0 Å². The fraction of sp³-hybridized carbons (Fsp3) is 0.364. The van der Waals surface area contributed by atoms with Crippen LogP contribution in [-0.4, -0.2) is 25.4 Å². The first-order valence-electron chi connectivity index (χ1n) is 9.43. The van der Waals surface area contributed by atoms with Crippen molar-refractivity contribution in [1.82, 2.24) is 5.32 Å². The summed E-state index contributed by atoms with van der Waals surface area (Å²) in [5, 5.41) is 3.05. The number of nitrogens with one attached hydrogen (secondary N) is 1. The maximum Gasteiger partial charge on any atom is 0.258 e. The molecule has 0 radical (unpaired) electrons. The van der Waals surface area contributed by atoms with Crippen molar-refractivity contribution in [2.45, 2.75) is 38.6 Å². The van der Waals surface area contributed by atoms with Gasteiger partial charge in [-0.3, -0.25) is 9.59 Å². The van der Waals surface area contributed by atoms with Gasteiger partial charge in [-0.25, -0.2) is 0 Å². The second-order valence-electron chi connectivity index (χ2n) is 6.67. The lowest BCUT2D eigenvalue weighted by Crippen LogP contribution is -2.34. The van der Waals surface area contributed by atoms with Crippen LogP contribution in [-0.2, 0) is 11.2 Å². The van der Waals surface area contributed by atoms with Gasteiger partial charge in [-0.15, -0.1) is 0 Å². The van der Waals surface area contributed by atoms with Crippen LogP contribution >= 0.6 is 0 Å². The molecule has 0 unspecified atom stereocenters. The molecule has 0 aromatic heterocycles. The van der Waals surface area contributed by atoms with Gasteiger partial charge in [-0.2, -0.15) is 0 Å². The van der Waals surface area contributed by atoms with Crippen LogP contribution in [0.1, 0.15) is 53.7 Å². The highest BCUT2D eigenvalue weighted by atomic mass is 16.5. The molecule has 0 heterocycles. The summed E-state index contributed by atoms with van der Waals surface area (Å²) in [5.41, 5.74) is 2.87. The van der Waals surface area contributed by atoms with Crippen LogP contribution in [0, 0.1) is 0 Å². The third-order valence-electron chi connectivity index (χ3n) is 4.65. The number of aldehydes is 1. The van der Waals surface area contributed by atoms with Crippen molar-refractivity contribution in [2.75, 3.05) is 13.2 Å². The average Bonchev–Trinajstić information content (AvgIpc) is 2.71. The first-order valence-corrected chi connectivity index (χ1v) is 9.43. The summed E-state index contributed by atoms with van der Waals surface area (Å²) >= 11 is 0. The number of carbonyl (C=O) groups is 2. The van der Waals surface area contributed by atoms with Crippen LogP contribution < -0.4 is 14.8 Å². The van der Waals surface area contributed by atoms with Gasteiger partial charge in [0.05, 0.1) is 18.2 Å². The molecule has 2 aromatic carbocycles. The molecular weight excluding hydrogens is 342 g/mol. The molecule has 0 saturated heterocycles. The number of ether oxygens (including phenoxy) is 2. The zero-order valence-electron chi connectivity index (χ0n) is 15.6. The Balaban J connectivity index is 1.62. The van der Waals surface area contributed by atoms with Crippen molar-refractivity contribution in [3.8, 4) is 11.5 Å². The van der Waals surface area contributed by atoms with Crippen LogP contribution in [0.5, 0.6) is 11.5 Å². The second kappa shape index (κ2) is 9.21. The fourth-order valence-corrected chi connectivity index (χ4v) is 3.33. The number of amides is 1. The number of hydrogen-bond acceptors (Lipinski definition) is 4. The summed E-state index contributed by atoms with van der Waals surface area (Å²) in [6.07, 6.45) is 4.62. The van der Waals surface area contributed by atoms with E-state index < -0.39 is 0 Å². The monoisotopic (exact) mass is 367 g/mol. The molecule has 0 fully saturated rings. The standard InChI is InChI=1S/C22H25NO4/c1-2-12-26-18-11-10-17(14-24)21(13-18)27-15-22(25)23-20-9-5-7-16-6-3-4-8-19(16)20/h3-4,6,8,10-11,13-14,20H,2,5,7,9,12,15H2,1H3,(H,23,25)/t20-/m0/s1. The number of carbonyl (C=O) groups excluding carboxylic acids is 2. The SMILES string of the molecule is CCCOc1ccc(C=O)c(OCC(=O)N[C@H]2CCCc3ccccc32)c1. The highest BCUT2D eigenvalue weighted by Crippen LogP contribution is 2.29. The molecule has 1 atom stereocenters. The Morgan fingerprint density at radius 1 is 1.22 bits per heavy atom. The van der Waals surface area contributed by atoms with Gasteiger partial charge in [0.25, 0.3) is 5.91 Å². The molecule has 0 saturated carbocycles. The minimum Gasteiger partial charge on any atom is -0.493 e. The third-order valence-corrected chi connectivity index (χ3v) is 4.65. The number of fused-ring (bicyclic) bond motifs is 1. The molecule has 0 aliphatic heterocycles. The fourth-order valence-electron chi connectivity index (χ4n) is 3.33. The number of hydrogen-bond donors (Lipinski definition) is 1. The Labute approximate surface area is 159 Å². The van der Waals surface area contributed by atoms with Crippen molar-refractivity contribution in [3.63, 3.8) is 0 Å². The molecule has 27 heavy (non-hydrogen) atoms. The molecule has 5 nitrogen and oxygen atoms in total. The van der Waals surface area contributed by atoms with E-state index in [1.54, 1.807) is 18.2 Å². The average molecular weight is 367 g/mol. The van der Waals surface area contributed by atoms with Crippen molar-refractivity contribution >= 4 is 12.2 Å². The molecule has 1 aliphatic rings. The topological polar surface area (TPSA) is 64.6 Å². The van der Waals surface area contributed by atoms with Gasteiger partial charge in [-0.05, 0) is 48.9 Å². The normalized spacial score (nSPS) is 15.5. The molecule has 2 aromatic rings. The van der Waals surface area contributed by atoms with Gasteiger partial charge in [-0.1, -0.05) is 31.2 Å². The van der Waals surface area contributed by atoms with E-state index in [4.69, 9.17) is 9.47 Å². The largest absolute Gasteiger partial charge is 0.493 e. The quantitative estimate of drug-likeness (QED) is 0.720. The lowest BCUT2D eigenvalue weighted by molar-refractivity contribution is -0.124. The predicted octanol–water partition coefficient (Wildman–Crippen LogP) is 3.86. The molecule has 1 aliphatic carbocycles. The van der Waals surface area contributed by atoms with Crippen molar-refractivity contribution in [1.29, 1.82) is 0 Å². The van der Waals surface area contributed by atoms with Gasteiger partial charge in [0, 0.05) is 6.07 Å². The highest BCUT2D eigenvalue weighted by Gasteiger charge is 2.21.